The van der Waals surface area contributed by atoms with Gasteiger partial charge in [-0.2, -0.15) is 0 Å². The molecule has 0 aliphatic carbocycles. The van der Waals surface area contributed by atoms with Crippen molar-refractivity contribution in [1.82, 2.24) is 20.0 Å². The number of hydrogen-bond donors (Lipinski definition) is 1. The van der Waals surface area contributed by atoms with Crippen LogP contribution in [0.25, 0.3) is 17.2 Å². The Bertz CT molecular complexity index is 1240. The lowest BCUT2D eigenvalue weighted by Gasteiger charge is -2.04. The third-order valence-electron chi connectivity index (χ3n) is 3.71. The van der Waals surface area contributed by atoms with Crippen LogP contribution in [-0.4, -0.2) is 47.8 Å². The molecule has 0 amide bonds. The summed E-state index contributed by atoms with van der Waals surface area (Å²) < 4.78 is 43.0. The van der Waals surface area contributed by atoms with Crippen LogP contribution in [0.5, 0.6) is 0 Å². The molecule has 2 aromatic heterocycles. The summed E-state index contributed by atoms with van der Waals surface area (Å²) in [5, 5.41) is 11.6. The van der Waals surface area contributed by atoms with Gasteiger partial charge in [0.05, 0.1) is 15.9 Å². The van der Waals surface area contributed by atoms with Crippen molar-refractivity contribution in [3.63, 3.8) is 0 Å². The van der Waals surface area contributed by atoms with Gasteiger partial charge in [-0.05, 0) is 50.9 Å². The zero-order valence-electron chi connectivity index (χ0n) is 15.5. The van der Waals surface area contributed by atoms with Crippen LogP contribution in [0.1, 0.15) is 12.8 Å². The van der Waals surface area contributed by atoms with Gasteiger partial charge in [0.25, 0.3) is 0 Å². The van der Waals surface area contributed by atoms with Gasteiger partial charge in [0.15, 0.2) is 10.7 Å². The lowest BCUT2D eigenvalue weighted by atomic mass is 10.2. The van der Waals surface area contributed by atoms with E-state index in [1.165, 1.54) is 36.2 Å². The lowest BCUT2D eigenvalue weighted by Crippen LogP contribution is -2.13. The van der Waals surface area contributed by atoms with Crippen LogP contribution in [0.2, 0.25) is 0 Å². The lowest BCUT2D eigenvalue weighted by molar-refractivity contribution is -0.116. The Morgan fingerprint density at radius 1 is 1.37 bits per heavy atom. The summed E-state index contributed by atoms with van der Waals surface area (Å²) in [6, 6.07) is 3.95. The number of aromatic nitrogens is 4. The molecule has 1 unspecified atom stereocenters. The largest absolute Gasteiger partial charge is 0.446 e. The third kappa shape index (κ3) is 5.43. The van der Waals surface area contributed by atoms with E-state index >= 15 is 0 Å². The van der Waals surface area contributed by atoms with Gasteiger partial charge < -0.3 is 0 Å². The summed E-state index contributed by atoms with van der Waals surface area (Å²) in [6.45, 7) is 0. The summed E-state index contributed by atoms with van der Waals surface area (Å²) in [5.41, 5.74) is 0.452. The molecule has 160 valence electrons. The fourth-order valence-electron chi connectivity index (χ4n) is 2.48. The molecular formula is C16H15BrFN5O5S2. The van der Waals surface area contributed by atoms with Gasteiger partial charge in [-0.15, -0.1) is 11.8 Å². The van der Waals surface area contributed by atoms with E-state index in [2.05, 4.69) is 31.4 Å². The molecule has 0 spiro atoms. The van der Waals surface area contributed by atoms with Gasteiger partial charge in [-0.3, -0.25) is 14.1 Å². The monoisotopic (exact) mass is 519 g/mol. The van der Waals surface area contributed by atoms with Crippen LogP contribution in [0.3, 0.4) is 0 Å². The van der Waals surface area contributed by atoms with Gasteiger partial charge >= 0.3 is 5.76 Å². The maximum Gasteiger partial charge on any atom is 0.446 e. The van der Waals surface area contributed by atoms with E-state index in [9.17, 15) is 18.2 Å². The maximum atomic E-state index is 13.5. The van der Waals surface area contributed by atoms with E-state index in [0.29, 0.717) is 22.9 Å². The van der Waals surface area contributed by atoms with Gasteiger partial charge in [-0.25, -0.2) is 22.6 Å². The predicted molar refractivity (Wildman–Crippen MR) is 110 cm³/mol. The first kappa shape index (κ1) is 22.4. The van der Waals surface area contributed by atoms with Gasteiger partial charge in [0.1, 0.15) is 11.6 Å². The molecule has 0 bridgehead atoms. The first-order chi connectivity index (χ1) is 14.2. The zero-order chi connectivity index (χ0) is 21.9. The molecule has 1 N–H and O–H groups in total. The highest BCUT2D eigenvalue weighted by Crippen LogP contribution is 2.29. The Balaban J connectivity index is 1.75. The van der Waals surface area contributed by atoms with Crippen LogP contribution >= 0.6 is 27.7 Å². The van der Waals surface area contributed by atoms with E-state index in [1.807, 2.05) is 0 Å². The predicted octanol–water partition coefficient (Wildman–Crippen LogP) is 2.90. The minimum absolute atomic E-state index is 0.0262. The highest BCUT2D eigenvalue weighted by atomic mass is 79.9. The van der Waals surface area contributed by atoms with Gasteiger partial charge in [0, 0.05) is 28.2 Å². The van der Waals surface area contributed by atoms with Gasteiger partial charge in [-0.1, -0.05) is 5.16 Å². The molecule has 0 aliphatic rings. The van der Waals surface area contributed by atoms with E-state index in [0.717, 1.165) is 4.57 Å². The first-order valence-corrected chi connectivity index (χ1v) is 12.3. The fraction of sp³-hybridized carbons (Fsp3) is 0.312. The summed E-state index contributed by atoms with van der Waals surface area (Å²) in [5.74, 6) is -1.33. The number of carbonyl (C=O) groups excluding carboxylic acids is 1. The van der Waals surface area contributed by atoms with Crippen LogP contribution < -0.4 is 5.76 Å². The summed E-state index contributed by atoms with van der Waals surface area (Å²) in [7, 11) is -2.85. The standard InChI is InChI=1S/C16H15BrFN5O5S2/c1-30(19,26)8-10(24)3-2-6-29-15-13(20-28-22-15)14-21-27-16(25)23(14)9-4-5-12(18)11(17)7-9/h4-5,7,19H,2-3,6,8H2,1H3. The Kier molecular flexibility index (Phi) is 6.88. The molecular weight excluding hydrogens is 505 g/mol. The first-order valence-electron chi connectivity index (χ1n) is 8.39. The Morgan fingerprint density at radius 2 is 2.13 bits per heavy atom. The number of hydrogen-bond acceptors (Lipinski definition) is 10. The number of ketones is 1. The van der Waals surface area contributed by atoms with Crippen molar-refractivity contribution in [2.45, 2.75) is 17.9 Å². The highest BCUT2D eigenvalue weighted by molar-refractivity contribution is 9.10. The Labute approximate surface area is 182 Å². The normalized spacial score (nSPS) is 13.3. The minimum atomic E-state index is -2.85. The second-order valence-corrected chi connectivity index (χ2v) is 10.5. The maximum absolute atomic E-state index is 13.5. The van der Waals surface area contributed by atoms with Crippen LogP contribution in [0.15, 0.2) is 41.6 Å². The number of nitrogens with zero attached hydrogens (tertiary/aromatic N) is 4. The van der Waals surface area contributed by atoms with Crippen LogP contribution in [0.4, 0.5) is 4.39 Å². The molecule has 0 aliphatic heterocycles. The van der Waals surface area contributed by atoms with E-state index in [4.69, 9.17) is 13.9 Å². The average Bonchev–Trinajstić information content (AvgIpc) is 3.26. The molecule has 1 aromatic carbocycles. The smallest absolute Gasteiger partial charge is 0.299 e. The quantitative estimate of drug-likeness (QED) is 0.333. The van der Waals surface area contributed by atoms with Crippen molar-refractivity contribution in [3.8, 4) is 17.2 Å². The second kappa shape index (κ2) is 9.22. The second-order valence-electron chi connectivity index (χ2n) is 6.26. The number of benzene rings is 1. The fourth-order valence-corrected chi connectivity index (χ4v) is 4.44. The zero-order valence-corrected chi connectivity index (χ0v) is 18.7. The highest BCUT2D eigenvalue weighted by Gasteiger charge is 2.23. The summed E-state index contributed by atoms with van der Waals surface area (Å²) in [6.07, 6.45) is 1.86. The molecule has 2 heterocycles. The van der Waals surface area contributed by atoms with Crippen molar-refractivity contribution < 1.29 is 22.5 Å². The topological polar surface area (TPSA) is 145 Å². The molecule has 10 nitrogen and oxygen atoms in total. The molecule has 0 saturated heterocycles. The molecule has 3 aromatic rings. The SMILES string of the molecule is CS(=N)(=O)CC(=O)CCCSc1nonc1-c1noc(=O)n1-c1ccc(F)c(Br)c1. The molecule has 0 radical (unpaired) electrons. The van der Waals surface area contributed by atoms with E-state index < -0.39 is 21.3 Å². The summed E-state index contributed by atoms with van der Waals surface area (Å²) >= 11 is 4.29. The Hall–Kier alpha value is -2.32. The van der Waals surface area contributed by atoms with Crippen molar-refractivity contribution >= 4 is 43.2 Å². The number of carbonyl (C=O) groups is 1. The van der Waals surface area contributed by atoms with Gasteiger partial charge in [0.2, 0.25) is 5.82 Å². The van der Waals surface area contributed by atoms with Crippen LogP contribution in [-0.2, 0) is 14.5 Å². The number of thioether (sulfide) groups is 1. The minimum Gasteiger partial charge on any atom is -0.299 e. The van der Waals surface area contributed by atoms with E-state index in [-0.39, 0.29) is 33.9 Å². The molecule has 0 fully saturated rings. The average molecular weight is 520 g/mol. The van der Waals surface area contributed by atoms with Crippen molar-refractivity contribution in [2.75, 3.05) is 17.8 Å². The molecule has 14 heteroatoms. The third-order valence-corrected chi connectivity index (χ3v) is 6.23. The molecule has 1 atom stereocenters. The number of nitrogens with one attached hydrogen (secondary N) is 1. The van der Waals surface area contributed by atoms with E-state index in [1.54, 1.807) is 0 Å². The Morgan fingerprint density at radius 3 is 2.83 bits per heavy atom. The number of Topliss-reactive ketones (excluding diaryl/α,β-unsaturated/α-hetero) is 1. The molecule has 3 rings (SSSR count). The van der Waals surface area contributed by atoms with Crippen molar-refractivity contribution in [3.05, 3.63) is 39.0 Å². The molecule has 0 saturated carbocycles. The van der Waals surface area contributed by atoms with Crippen LogP contribution in [0, 0.1) is 10.6 Å². The molecule has 30 heavy (non-hydrogen) atoms. The number of halogens is 2. The number of rotatable bonds is 9. The van der Waals surface area contributed by atoms with Crippen molar-refractivity contribution in [2.24, 2.45) is 0 Å². The summed E-state index contributed by atoms with van der Waals surface area (Å²) in [4.78, 5) is 23.9. The van der Waals surface area contributed by atoms with Crippen molar-refractivity contribution in [1.29, 1.82) is 4.78 Å².